The van der Waals surface area contributed by atoms with Crippen LogP contribution in [0.3, 0.4) is 0 Å². The van der Waals surface area contributed by atoms with Gasteiger partial charge in [0.05, 0.1) is 5.92 Å². The monoisotopic (exact) mass is 138 g/mol. The minimum Gasteiger partial charge on any atom is -0.299 e. The molecule has 0 spiro atoms. The van der Waals surface area contributed by atoms with Gasteiger partial charge in [-0.1, -0.05) is 6.58 Å². The van der Waals surface area contributed by atoms with Gasteiger partial charge in [-0.25, -0.2) is 0 Å². The lowest BCUT2D eigenvalue weighted by Gasteiger charge is -1.99. The highest BCUT2D eigenvalue weighted by Crippen LogP contribution is 2.21. The number of carbonyl (C=O) groups excluding carboxylic acids is 2. The normalized spacial score (nSPS) is 24.8. The summed E-state index contributed by atoms with van der Waals surface area (Å²) >= 11 is 0. The van der Waals surface area contributed by atoms with Gasteiger partial charge in [0, 0.05) is 6.42 Å². The van der Waals surface area contributed by atoms with Gasteiger partial charge < -0.3 is 0 Å². The van der Waals surface area contributed by atoms with Gasteiger partial charge in [0.2, 0.25) is 0 Å². The van der Waals surface area contributed by atoms with Gasteiger partial charge in [-0.15, -0.1) is 0 Å². The average Bonchev–Trinajstić information content (AvgIpc) is 2.34. The van der Waals surface area contributed by atoms with E-state index in [2.05, 4.69) is 6.58 Å². The fraction of sp³-hybridized carbons (Fsp3) is 0.500. The lowest BCUT2D eigenvalue weighted by Crippen LogP contribution is -2.15. The molecule has 1 unspecified atom stereocenters. The first-order valence-electron chi connectivity index (χ1n) is 3.44. The quantitative estimate of drug-likeness (QED) is 0.423. The van der Waals surface area contributed by atoms with Crippen LogP contribution in [0.25, 0.3) is 0 Å². The first-order valence-corrected chi connectivity index (χ1v) is 3.44. The van der Waals surface area contributed by atoms with Crippen LogP contribution in [-0.4, -0.2) is 11.6 Å². The third-order valence-corrected chi connectivity index (χ3v) is 1.85. The molecule has 1 aliphatic carbocycles. The first-order chi connectivity index (χ1) is 4.75. The van der Waals surface area contributed by atoms with Crippen LogP contribution < -0.4 is 0 Å². The lowest BCUT2D eigenvalue weighted by molar-refractivity contribution is -0.128. The summed E-state index contributed by atoms with van der Waals surface area (Å²) in [5, 5.41) is 0. The Balaban J connectivity index is 2.63. The molecule has 0 amide bonds. The van der Waals surface area contributed by atoms with Crippen molar-refractivity contribution in [2.45, 2.75) is 19.3 Å². The van der Waals surface area contributed by atoms with Crippen molar-refractivity contribution in [2.75, 3.05) is 0 Å². The number of hydrogen-bond donors (Lipinski definition) is 0. The Morgan fingerprint density at radius 2 is 2.40 bits per heavy atom. The van der Waals surface area contributed by atoms with Crippen LogP contribution in [0.1, 0.15) is 19.3 Å². The van der Waals surface area contributed by atoms with Gasteiger partial charge >= 0.3 is 0 Å². The van der Waals surface area contributed by atoms with E-state index in [0.717, 1.165) is 12.8 Å². The number of rotatable bonds is 2. The van der Waals surface area contributed by atoms with E-state index in [9.17, 15) is 9.59 Å². The molecule has 1 atom stereocenters. The molecular formula is C8H10O2. The molecule has 0 aromatic rings. The Kier molecular flexibility index (Phi) is 2.00. The van der Waals surface area contributed by atoms with Gasteiger partial charge in [-0.2, -0.15) is 0 Å². The molecule has 0 heterocycles. The second kappa shape index (κ2) is 2.78. The maximum atomic E-state index is 10.9. The third-order valence-electron chi connectivity index (χ3n) is 1.85. The minimum atomic E-state index is -0.350. The van der Waals surface area contributed by atoms with E-state index in [1.54, 1.807) is 0 Å². The summed E-state index contributed by atoms with van der Waals surface area (Å²) < 4.78 is 0. The Morgan fingerprint density at radius 3 is 2.80 bits per heavy atom. The van der Waals surface area contributed by atoms with Gasteiger partial charge in [-0.3, -0.25) is 9.59 Å². The van der Waals surface area contributed by atoms with Crippen molar-refractivity contribution in [3.63, 3.8) is 0 Å². The molecule has 54 valence electrons. The summed E-state index contributed by atoms with van der Waals surface area (Å²) in [7, 11) is 0. The number of ketones is 2. The molecule has 0 aliphatic heterocycles. The van der Waals surface area contributed by atoms with E-state index in [1.165, 1.54) is 6.08 Å². The minimum absolute atomic E-state index is 0.0879. The molecule has 0 aromatic carbocycles. The number of allylic oxidation sites excluding steroid dienone is 1. The fourth-order valence-electron chi connectivity index (χ4n) is 1.26. The Labute approximate surface area is 59.9 Å². The van der Waals surface area contributed by atoms with Gasteiger partial charge in [0.15, 0.2) is 5.78 Å². The standard InChI is InChI=1S/C8H10O2/c1-2-7(9)6-4-3-5-8(6)10/h2,6H,1,3-5H2. The second-order valence-electron chi connectivity index (χ2n) is 2.52. The molecule has 1 rings (SSSR count). The molecule has 2 heteroatoms. The van der Waals surface area contributed by atoms with E-state index in [0.29, 0.717) is 6.42 Å². The summed E-state index contributed by atoms with van der Waals surface area (Å²) in [6.07, 6.45) is 3.41. The molecular weight excluding hydrogens is 128 g/mol. The molecule has 2 nitrogen and oxygen atoms in total. The highest BCUT2D eigenvalue weighted by atomic mass is 16.1. The van der Waals surface area contributed by atoms with Gasteiger partial charge in [0.1, 0.15) is 5.78 Å². The molecule has 0 aromatic heterocycles. The molecule has 10 heavy (non-hydrogen) atoms. The highest BCUT2D eigenvalue weighted by molar-refractivity contribution is 6.08. The van der Waals surface area contributed by atoms with E-state index >= 15 is 0 Å². The SMILES string of the molecule is C=CC(=O)C1CCCC1=O. The van der Waals surface area contributed by atoms with Crippen LogP contribution in [0.4, 0.5) is 0 Å². The molecule has 0 bridgehead atoms. The van der Waals surface area contributed by atoms with E-state index in [4.69, 9.17) is 0 Å². The number of Topliss-reactive ketones (excluding diaryl/α,β-unsaturated/α-hetero) is 1. The maximum Gasteiger partial charge on any atom is 0.165 e. The van der Waals surface area contributed by atoms with E-state index < -0.39 is 0 Å². The van der Waals surface area contributed by atoms with E-state index in [1.807, 2.05) is 0 Å². The summed E-state index contributed by atoms with van der Waals surface area (Å²) in [6.45, 7) is 3.34. The van der Waals surface area contributed by atoms with Crippen molar-refractivity contribution in [1.29, 1.82) is 0 Å². The largest absolute Gasteiger partial charge is 0.299 e. The van der Waals surface area contributed by atoms with Crippen LogP contribution in [0.5, 0.6) is 0 Å². The fourth-order valence-corrected chi connectivity index (χ4v) is 1.26. The molecule has 0 saturated heterocycles. The van der Waals surface area contributed by atoms with Crippen LogP contribution >= 0.6 is 0 Å². The Bertz CT molecular complexity index is 182. The van der Waals surface area contributed by atoms with Crippen molar-refractivity contribution in [3.05, 3.63) is 12.7 Å². The number of hydrogen-bond acceptors (Lipinski definition) is 2. The molecule has 0 N–H and O–H groups in total. The summed E-state index contributed by atoms with van der Waals surface area (Å²) in [5.74, 6) is -0.370. The molecule has 0 radical (unpaired) electrons. The van der Waals surface area contributed by atoms with Crippen molar-refractivity contribution >= 4 is 11.6 Å². The first kappa shape index (κ1) is 7.19. The second-order valence-corrected chi connectivity index (χ2v) is 2.52. The zero-order valence-corrected chi connectivity index (χ0v) is 5.80. The summed E-state index contributed by atoms with van der Waals surface area (Å²) in [5.41, 5.74) is 0. The number of carbonyl (C=O) groups is 2. The zero-order chi connectivity index (χ0) is 7.56. The highest BCUT2D eigenvalue weighted by Gasteiger charge is 2.28. The summed E-state index contributed by atoms with van der Waals surface area (Å²) in [4.78, 5) is 21.8. The van der Waals surface area contributed by atoms with Crippen LogP contribution in [0.2, 0.25) is 0 Å². The molecule has 1 fully saturated rings. The van der Waals surface area contributed by atoms with Crippen LogP contribution in [0, 0.1) is 5.92 Å². The predicted octanol–water partition coefficient (Wildman–Crippen LogP) is 1.11. The van der Waals surface area contributed by atoms with Crippen LogP contribution in [0.15, 0.2) is 12.7 Å². The Morgan fingerprint density at radius 1 is 1.70 bits per heavy atom. The topological polar surface area (TPSA) is 34.1 Å². The predicted molar refractivity (Wildman–Crippen MR) is 37.6 cm³/mol. The van der Waals surface area contributed by atoms with Crippen molar-refractivity contribution in [1.82, 2.24) is 0 Å². The van der Waals surface area contributed by atoms with Crippen molar-refractivity contribution in [2.24, 2.45) is 5.92 Å². The van der Waals surface area contributed by atoms with E-state index in [-0.39, 0.29) is 17.5 Å². The average molecular weight is 138 g/mol. The third kappa shape index (κ3) is 1.15. The molecule has 1 saturated carbocycles. The maximum absolute atomic E-state index is 10.9. The Hall–Kier alpha value is -0.920. The molecule has 1 aliphatic rings. The van der Waals surface area contributed by atoms with Gasteiger partial charge in [-0.05, 0) is 18.9 Å². The lowest BCUT2D eigenvalue weighted by atomic mass is 10.0. The van der Waals surface area contributed by atoms with Crippen LogP contribution in [-0.2, 0) is 9.59 Å². The summed E-state index contributed by atoms with van der Waals surface area (Å²) in [6, 6.07) is 0. The van der Waals surface area contributed by atoms with Crippen molar-refractivity contribution in [3.8, 4) is 0 Å². The van der Waals surface area contributed by atoms with Gasteiger partial charge in [0.25, 0.3) is 0 Å². The zero-order valence-electron chi connectivity index (χ0n) is 5.80. The smallest absolute Gasteiger partial charge is 0.165 e. The van der Waals surface area contributed by atoms with Crippen molar-refractivity contribution < 1.29 is 9.59 Å².